The number of fused-ring (bicyclic) bond motifs is 1. The number of halogens is 1. The monoisotopic (exact) mass is 533 g/mol. The lowest BCUT2D eigenvalue weighted by Gasteiger charge is -2.36. The van der Waals surface area contributed by atoms with Crippen molar-refractivity contribution in [3.63, 3.8) is 0 Å². The molecule has 0 saturated carbocycles. The van der Waals surface area contributed by atoms with Crippen molar-refractivity contribution in [1.82, 2.24) is 4.90 Å². The Balaban J connectivity index is 1.31. The highest BCUT2D eigenvalue weighted by Crippen LogP contribution is 2.42. The number of benzene rings is 3. The van der Waals surface area contributed by atoms with Crippen molar-refractivity contribution in [2.24, 2.45) is 0 Å². The van der Waals surface area contributed by atoms with Crippen LogP contribution in [0.1, 0.15) is 15.9 Å². The second-order valence-corrected chi connectivity index (χ2v) is 10.1. The largest absolute Gasteiger partial charge is 0.493 e. The first-order valence-electron chi connectivity index (χ1n) is 12.2. The number of nitrogens with zero attached hydrogens (tertiary/aromatic N) is 3. The van der Waals surface area contributed by atoms with Crippen LogP contribution < -0.4 is 19.3 Å². The third-order valence-electron chi connectivity index (χ3n) is 6.77. The van der Waals surface area contributed by atoms with Gasteiger partial charge in [0.05, 0.1) is 24.8 Å². The zero-order valence-electron chi connectivity index (χ0n) is 21.4. The summed E-state index contributed by atoms with van der Waals surface area (Å²) in [6, 6.07) is 17.4. The van der Waals surface area contributed by atoms with Gasteiger partial charge in [-0.3, -0.25) is 9.59 Å². The lowest BCUT2D eigenvalue weighted by atomic mass is 10.1. The van der Waals surface area contributed by atoms with E-state index in [0.717, 1.165) is 16.1 Å². The summed E-state index contributed by atoms with van der Waals surface area (Å²) in [7, 11) is 4.87. The molecule has 7 nitrogen and oxygen atoms in total. The van der Waals surface area contributed by atoms with E-state index in [1.807, 2.05) is 35.2 Å². The number of carbonyl (C=O) groups is 2. The predicted octanol–water partition coefficient (Wildman–Crippen LogP) is 4.91. The Kier molecular flexibility index (Phi) is 7.28. The summed E-state index contributed by atoms with van der Waals surface area (Å²) in [5.74, 6) is 0.735. The summed E-state index contributed by atoms with van der Waals surface area (Å²) in [4.78, 5) is 33.5. The molecule has 0 atom stereocenters. The summed E-state index contributed by atoms with van der Waals surface area (Å²) in [6.07, 6.45) is 1.83. The van der Waals surface area contributed by atoms with Gasteiger partial charge in [0.1, 0.15) is 5.82 Å². The molecule has 2 amide bonds. The van der Waals surface area contributed by atoms with Crippen molar-refractivity contribution in [3.05, 3.63) is 82.5 Å². The van der Waals surface area contributed by atoms with Crippen LogP contribution in [-0.2, 0) is 4.79 Å². The van der Waals surface area contributed by atoms with E-state index >= 15 is 0 Å². The van der Waals surface area contributed by atoms with E-state index in [1.54, 1.807) is 50.4 Å². The lowest BCUT2D eigenvalue weighted by molar-refractivity contribution is -0.114. The molecule has 2 aliphatic heterocycles. The van der Waals surface area contributed by atoms with E-state index in [0.29, 0.717) is 53.8 Å². The van der Waals surface area contributed by atoms with Crippen LogP contribution >= 0.6 is 11.8 Å². The maximum absolute atomic E-state index is 13.3. The average molecular weight is 534 g/mol. The average Bonchev–Trinajstić information content (AvgIpc) is 2.95. The molecule has 0 radical (unpaired) electrons. The second-order valence-electron chi connectivity index (χ2n) is 9.03. The third-order valence-corrected chi connectivity index (χ3v) is 7.84. The third kappa shape index (κ3) is 5.06. The number of hydrogen-bond donors (Lipinski definition) is 0. The Morgan fingerprint density at radius 2 is 1.63 bits per heavy atom. The van der Waals surface area contributed by atoms with Gasteiger partial charge in [-0.05, 0) is 66.2 Å². The number of rotatable bonds is 5. The Bertz CT molecular complexity index is 1400. The fraction of sp³-hybridized carbons (Fsp3) is 0.241. The van der Waals surface area contributed by atoms with Gasteiger partial charge in [-0.25, -0.2) is 4.39 Å². The molecule has 1 saturated heterocycles. The van der Waals surface area contributed by atoms with Gasteiger partial charge in [0.25, 0.3) is 11.8 Å². The van der Waals surface area contributed by atoms with Crippen molar-refractivity contribution in [2.75, 3.05) is 57.2 Å². The summed E-state index contributed by atoms with van der Waals surface area (Å²) in [6.45, 7) is 2.46. The first-order valence-corrected chi connectivity index (χ1v) is 13.0. The number of methoxy groups -OCH3 is 2. The minimum absolute atomic E-state index is 0.0657. The van der Waals surface area contributed by atoms with Gasteiger partial charge in [-0.15, -0.1) is 0 Å². The Labute approximate surface area is 225 Å². The lowest BCUT2D eigenvalue weighted by Crippen LogP contribution is -2.48. The van der Waals surface area contributed by atoms with Gasteiger partial charge in [0.15, 0.2) is 11.5 Å². The van der Waals surface area contributed by atoms with E-state index in [2.05, 4.69) is 4.90 Å². The Morgan fingerprint density at radius 3 is 2.32 bits per heavy atom. The van der Waals surface area contributed by atoms with Crippen molar-refractivity contribution >= 4 is 41.0 Å². The molecule has 196 valence electrons. The topological polar surface area (TPSA) is 62.3 Å². The predicted molar refractivity (Wildman–Crippen MR) is 148 cm³/mol. The van der Waals surface area contributed by atoms with Crippen LogP contribution in [-0.4, -0.2) is 64.2 Å². The number of piperazine rings is 1. The van der Waals surface area contributed by atoms with Gasteiger partial charge in [0, 0.05) is 49.4 Å². The number of carbonyl (C=O) groups excluding carboxylic acids is 2. The van der Waals surface area contributed by atoms with Crippen molar-refractivity contribution < 1.29 is 23.5 Å². The molecule has 1 fully saturated rings. The maximum Gasteiger partial charge on any atom is 0.264 e. The van der Waals surface area contributed by atoms with Crippen LogP contribution in [0.15, 0.2) is 70.5 Å². The van der Waals surface area contributed by atoms with Crippen molar-refractivity contribution in [3.8, 4) is 11.5 Å². The highest BCUT2D eigenvalue weighted by Gasteiger charge is 2.29. The number of amides is 2. The molecule has 2 heterocycles. The Hall–Kier alpha value is -3.98. The van der Waals surface area contributed by atoms with Crippen LogP contribution in [0.4, 0.5) is 15.8 Å². The number of anilines is 2. The normalized spacial score (nSPS) is 16.5. The molecule has 3 aromatic rings. The summed E-state index contributed by atoms with van der Waals surface area (Å²) in [5.41, 5.74) is 3.02. The summed E-state index contributed by atoms with van der Waals surface area (Å²) >= 11 is 1.38. The summed E-state index contributed by atoms with van der Waals surface area (Å²) in [5, 5.41) is 0. The first-order chi connectivity index (χ1) is 18.4. The van der Waals surface area contributed by atoms with Gasteiger partial charge >= 0.3 is 0 Å². The van der Waals surface area contributed by atoms with Crippen LogP contribution in [0.3, 0.4) is 0 Å². The van der Waals surface area contributed by atoms with Gasteiger partial charge < -0.3 is 24.2 Å². The molecule has 0 bridgehead atoms. The number of hydrogen-bond acceptors (Lipinski definition) is 6. The van der Waals surface area contributed by atoms with Gasteiger partial charge in [-0.2, -0.15) is 0 Å². The molecule has 0 unspecified atom stereocenters. The molecule has 2 aliphatic rings. The number of thioether (sulfide) groups is 1. The molecule has 0 aliphatic carbocycles. The molecule has 9 heteroatoms. The fourth-order valence-electron chi connectivity index (χ4n) is 4.62. The molecule has 0 spiro atoms. The zero-order chi connectivity index (χ0) is 26.8. The molecule has 38 heavy (non-hydrogen) atoms. The highest BCUT2D eigenvalue weighted by molar-refractivity contribution is 8.04. The minimum atomic E-state index is -0.264. The first kappa shape index (κ1) is 25.7. The minimum Gasteiger partial charge on any atom is -0.493 e. The van der Waals surface area contributed by atoms with E-state index in [1.165, 1.54) is 23.9 Å². The quantitative estimate of drug-likeness (QED) is 0.434. The second kappa shape index (κ2) is 10.8. The number of likely N-dealkylation sites (N-methyl/N-ethyl adjacent to an activating group) is 1. The summed E-state index contributed by atoms with van der Waals surface area (Å²) < 4.78 is 23.9. The molecular weight excluding hydrogens is 505 g/mol. The van der Waals surface area contributed by atoms with Crippen LogP contribution in [0, 0.1) is 5.82 Å². The van der Waals surface area contributed by atoms with Crippen molar-refractivity contribution in [2.45, 2.75) is 4.90 Å². The molecule has 0 N–H and O–H groups in total. The fourth-order valence-corrected chi connectivity index (χ4v) is 5.72. The highest BCUT2D eigenvalue weighted by atomic mass is 32.2. The number of ether oxygens (including phenoxy) is 2. The SMILES string of the molecule is COc1ccc(/C=C2\Sc3ccc(C(=O)N4CCN(c5ccc(F)cc5)CC4)cc3N(C)C2=O)cc1OC. The van der Waals surface area contributed by atoms with Gasteiger partial charge in [0.2, 0.25) is 0 Å². The maximum atomic E-state index is 13.3. The molecule has 5 rings (SSSR count). The van der Waals surface area contributed by atoms with Crippen LogP contribution in [0.25, 0.3) is 6.08 Å². The van der Waals surface area contributed by atoms with E-state index in [9.17, 15) is 14.0 Å². The standard InChI is InChI=1S/C29H28FN3O4S/c1-31-23-18-20(28(34)33-14-12-32(13-15-33)22-8-6-21(30)7-9-22)5-11-26(23)38-27(29(31)35)17-19-4-10-24(36-2)25(16-19)37-3/h4-11,16-18H,12-15H2,1-3H3/b27-17-. The van der Waals surface area contributed by atoms with E-state index in [-0.39, 0.29) is 17.6 Å². The van der Waals surface area contributed by atoms with Gasteiger partial charge in [-0.1, -0.05) is 17.8 Å². The van der Waals surface area contributed by atoms with E-state index < -0.39 is 0 Å². The molecular formula is C29H28FN3O4S. The molecule has 3 aromatic carbocycles. The van der Waals surface area contributed by atoms with E-state index in [4.69, 9.17) is 9.47 Å². The van der Waals surface area contributed by atoms with Crippen LogP contribution in [0.5, 0.6) is 11.5 Å². The van der Waals surface area contributed by atoms with Crippen LogP contribution in [0.2, 0.25) is 0 Å². The smallest absolute Gasteiger partial charge is 0.264 e. The van der Waals surface area contributed by atoms with Crippen molar-refractivity contribution in [1.29, 1.82) is 0 Å². The Morgan fingerprint density at radius 1 is 0.921 bits per heavy atom. The molecule has 0 aromatic heterocycles. The zero-order valence-corrected chi connectivity index (χ0v) is 22.3.